The molecule has 0 atom stereocenters. The molecular formula is C18H23N3O3. The van der Waals surface area contributed by atoms with E-state index >= 15 is 0 Å². The molecule has 0 saturated heterocycles. The maximum atomic E-state index is 12.1. The van der Waals surface area contributed by atoms with Crippen molar-refractivity contribution in [3.05, 3.63) is 53.5 Å². The number of urea groups is 1. The maximum Gasteiger partial charge on any atom is 0.315 e. The number of aryl methyl sites for hydroxylation is 1. The standard InChI is InChI=1S/C18H23N3O3/c1-12(2)15-8-4-6-13(3)17(15)21-16(22)11-20-18(23)19-10-14-7-5-9-24-14/h4-9,12H,10-11H2,1-3H3,(H,21,22)(H2,19,20,23). The summed E-state index contributed by atoms with van der Waals surface area (Å²) in [5, 5.41) is 8.04. The molecule has 2 aromatic rings. The van der Waals surface area contributed by atoms with E-state index in [1.54, 1.807) is 12.1 Å². The van der Waals surface area contributed by atoms with E-state index in [1.807, 2.05) is 25.1 Å². The molecule has 0 bridgehead atoms. The number of anilines is 1. The lowest BCUT2D eigenvalue weighted by atomic mass is 9.98. The lowest BCUT2D eigenvalue weighted by Gasteiger charge is -2.16. The largest absolute Gasteiger partial charge is 0.467 e. The van der Waals surface area contributed by atoms with Gasteiger partial charge in [0.2, 0.25) is 5.91 Å². The van der Waals surface area contributed by atoms with Crippen molar-refractivity contribution in [3.8, 4) is 0 Å². The van der Waals surface area contributed by atoms with Gasteiger partial charge in [0.1, 0.15) is 5.76 Å². The number of hydrogen-bond acceptors (Lipinski definition) is 3. The highest BCUT2D eigenvalue weighted by atomic mass is 16.3. The van der Waals surface area contributed by atoms with Gasteiger partial charge in [0.05, 0.1) is 19.4 Å². The number of benzene rings is 1. The molecule has 2 rings (SSSR count). The van der Waals surface area contributed by atoms with Gasteiger partial charge in [-0.1, -0.05) is 32.0 Å². The molecule has 3 N–H and O–H groups in total. The normalized spacial score (nSPS) is 10.5. The number of hydrogen-bond donors (Lipinski definition) is 3. The molecule has 1 aromatic carbocycles. The number of para-hydroxylation sites is 1. The van der Waals surface area contributed by atoms with Crippen molar-refractivity contribution in [1.29, 1.82) is 0 Å². The summed E-state index contributed by atoms with van der Waals surface area (Å²) in [5.41, 5.74) is 2.89. The molecule has 0 aliphatic carbocycles. The molecule has 0 spiro atoms. The zero-order chi connectivity index (χ0) is 17.5. The van der Waals surface area contributed by atoms with Crippen molar-refractivity contribution in [2.75, 3.05) is 11.9 Å². The minimum atomic E-state index is -0.421. The minimum absolute atomic E-state index is 0.101. The van der Waals surface area contributed by atoms with E-state index < -0.39 is 6.03 Å². The van der Waals surface area contributed by atoms with Crippen LogP contribution in [0.3, 0.4) is 0 Å². The second-order valence-corrected chi connectivity index (χ2v) is 5.86. The van der Waals surface area contributed by atoms with Gasteiger partial charge in [-0.25, -0.2) is 4.79 Å². The number of nitrogens with one attached hydrogen (secondary N) is 3. The molecular weight excluding hydrogens is 306 g/mol. The Balaban J connectivity index is 1.84. The summed E-state index contributed by atoms with van der Waals surface area (Å²) in [6, 6.07) is 9.01. The molecule has 0 saturated carbocycles. The monoisotopic (exact) mass is 329 g/mol. The number of amides is 3. The van der Waals surface area contributed by atoms with E-state index in [0.717, 1.165) is 16.8 Å². The van der Waals surface area contributed by atoms with Crippen LogP contribution in [0.1, 0.15) is 36.7 Å². The van der Waals surface area contributed by atoms with Crippen molar-refractivity contribution in [2.45, 2.75) is 33.2 Å². The first kappa shape index (κ1) is 17.6. The topological polar surface area (TPSA) is 83.4 Å². The van der Waals surface area contributed by atoms with Gasteiger partial charge in [0.15, 0.2) is 0 Å². The average Bonchev–Trinajstić information content (AvgIpc) is 3.06. The van der Waals surface area contributed by atoms with Gasteiger partial charge in [-0.2, -0.15) is 0 Å². The molecule has 6 heteroatoms. The van der Waals surface area contributed by atoms with Gasteiger partial charge in [-0.05, 0) is 36.1 Å². The molecule has 0 unspecified atom stereocenters. The van der Waals surface area contributed by atoms with Crippen LogP contribution >= 0.6 is 0 Å². The fourth-order valence-electron chi connectivity index (χ4n) is 2.33. The summed E-state index contributed by atoms with van der Waals surface area (Å²) >= 11 is 0. The molecule has 6 nitrogen and oxygen atoms in total. The third kappa shape index (κ3) is 4.87. The Hall–Kier alpha value is -2.76. The molecule has 1 aromatic heterocycles. The van der Waals surface area contributed by atoms with Gasteiger partial charge >= 0.3 is 6.03 Å². The Morgan fingerprint density at radius 2 is 1.92 bits per heavy atom. The number of carbonyl (C=O) groups excluding carboxylic acids is 2. The zero-order valence-electron chi connectivity index (χ0n) is 14.2. The Bertz CT molecular complexity index is 694. The minimum Gasteiger partial charge on any atom is -0.467 e. The van der Waals surface area contributed by atoms with Crippen molar-refractivity contribution < 1.29 is 14.0 Å². The van der Waals surface area contributed by atoms with Crippen LogP contribution in [0, 0.1) is 6.92 Å². The fourth-order valence-corrected chi connectivity index (χ4v) is 2.33. The van der Waals surface area contributed by atoms with Gasteiger partial charge in [-0.15, -0.1) is 0 Å². The smallest absolute Gasteiger partial charge is 0.315 e. The van der Waals surface area contributed by atoms with Crippen LogP contribution in [0.4, 0.5) is 10.5 Å². The van der Waals surface area contributed by atoms with E-state index in [-0.39, 0.29) is 19.0 Å². The first-order chi connectivity index (χ1) is 11.5. The van der Waals surface area contributed by atoms with Gasteiger partial charge in [0.25, 0.3) is 0 Å². The van der Waals surface area contributed by atoms with E-state index in [1.165, 1.54) is 6.26 Å². The Kier molecular flexibility index (Phi) is 6.01. The summed E-state index contributed by atoms with van der Waals surface area (Å²) in [5.74, 6) is 0.681. The molecule has 0 aliphatic rings. The lowest BCUT2D eigenvalue weighted by Crippen LogP contribution is -2.39. The van der Waals surface area contributed by atoms with Crippen molar-refractivity contribution in [3.63, 3.8) is 0 Å². The zero-order valence-corrected chi connectivity index (χ0v) is 14.2. The van der Waals surface area contributed by atoms with E-state index in [0.29, 0.717) is 11.7 Å². The van der Waals surface area contributed by atoms with Crippen LogP contribution in [0.2, 0.25) is 0 Å². The molecule has 1 heterocycles. The van der Waals surface area contributed by atoms with Gasteiger partial charge in [0, 0.05) is 5.69 Å². The molecule has 3 amide bonds. The highest BCUT2D eigenvalue weighted by Gasteiger charge is 2.12. The number of furan rings is 1. The lowest BCUT2D eigenvalue weighted by molar-refractivity contribution is -0.115. The maximum absolute atomic E-state index is 12.1. The average molecular weight is 329 g/mol. The van der Waals surface area contributed by atoms with E-state index in [2.05, 4.69) is 29.8 Å². The van der Waals surface area contributed by atoms with E-state index in [4.69, 9.17) is 4.42 Å². The summed E-state index contributed by atoms with van der Waals surface area (Å²) in [6.07, 6.45) is 1.54. The second kappa shape index (κ2) is 8.19. The summed E-state index contributed by atoms with van der Waals surface area (Å²) in [7, 11) is 0. The van der Waals surface area contributed by atoms with Crippen molar-refractivity contribution >= 4 is 17.6 Å². The van der Waals surface area contributed by atoms with Gasteiger partial charge < -0.3 is 20.4 Å². The molecule has 128 valence electrons. The molecule has 0 radical (unpaired) electrons. The van der Waals surface area contributed by atoms with Crippen LogP contribution in [-0.4, -0.2) is 18.5 Å². The second-order valence-electron chi connectivity index (χ2n) is 5.86. The summed E-state index contributed by atoms with van der Waals surface area (Å²) in [6.45, 7) is 6.27. The SMILES string of the molecule is Cc1cccc(C(C)C)c1NC(=O)CNC(=O)NCc1ccco1. The molecule has 24 heavy (non-hydrogen) atoms. The van der Waals surface area contributed by atoms with Crippen molar-refractivity contribution in [2.24, 2.45) is 0 Å². The van der Waals surface area contributed by atoms with Crippen LogP contribution < -0.4 is 16.0 Å². The Morgan fingerprint density at radius 1 is 1.12 bits per heavy atom. The number of rotatable bonds is 6. The quantitative estimate of drug-likeness (QED) is 0.761. The molecule has 0 fully saturated rings. The third-order valence-corrected chi connectivity index (χ3v) is 3.60. The van der Waals surface area contributed by atoms with Crippen LogP contribution in [0.5, 0.6) is 0 Å². The number of carbonyl (C=O) groups is 2. The van der Waals surface area contributed by atoms with E-state index in [9.17, 15) is 9.59 Å². The highest BCUT2D eigenvalue weighted by Crippen LogP contribution is 2.27. The van der Waals surface area contributed by atoms with Crippen molar-refractivity contribution in [1.82, 2.24) is 10.6 Å². The fraction of sp³-hybridized carbons (Fsp3) is 0.333. The summed E-state index contributed by atoms with van der Waals surface area (Å²) < 4.78 is 5.12. The van der Waals surface area contributed by atoms with Crippen LogP contribution in [-0.2, 0) is 11.3 Å². The Morgan fingerprint density at radius 3 is 2.58 bits per heavy atom. The van der Waals surface area contributed by atoms with Gasteiger partial charge in [-0.3, -0.25) is 4.79 Å². The predicted molar refractivity (Wildman–Crippen MR) is 92.8 cm³/mol. The highest BCUT2D eigenvalue weighted by molar-refractivity contribution is 5.95. The Labute approximate surface area is 141 Å². The van der Waals surface area contributed by atoms with Crippen LogP contribution in [0.25, 0.3) is 0 Å². The summed E-state index contributed by atoms with van der Waals surface area (Å²) in [4.78, 5) is 23.8. The first-order valence-corrected chi connectivity index (χ1v) is 7.91. The molecule has 0 aliphatic heterocycles. The third-order valence-electron chi connectivity index (χ3n) is 3.60. The van der Waals surface area contributed by atoms with Crippen LogP contribution in [0.15, 0.2) is 41.0 Å². The first-order valence-electron chi connectivity index (χ1n) is 7.91. The predicted octanol–water partition coefficient (Wildman–Crippen LogP) is 3.15.